The molecule has 2 atom stereocenters. The molecule has 154 valence electrons. The summed E-state index contributed by atoms with van der Waals surface area (Å²) in [4.78, 5) is 15.4. The summed E-state index contributed by atoms with van der Waals surface area (Å²) < 4.78 is 6.36. The van der Waals surface area contributed by atoms with E-state index >= 15 is 0 Å². The minimum Gasteiger partial charge on any atom is -0.481 e. The monoisotopic (exact) mass is 403 g/mol. The molecular weight excluding hydrogens is 378 g/mol. The molecule has 0 saturated carbocycles. The molecule has 1 aliphatic rings. The van der Waals surface area contributed by atoms with Crippen molar-refractivity contribution >= 4 is 17.5 Å². The summed E-state index contributed by atoms with van der Waals surface area (Å²) in [6.45, 7) is 1.26. The molecule has 0 aliphatic carbocycles. The van der Waals surface area contributed by atoms with Gasteiger partial charge in [-0.05, 0) is 35.2 Å². The second-order valence-corrected chi connectivity index (χ2v) is 7.37. The summed E-state index contributed by atoms with van der Waals surface area (Å²) in [5.74, 6) is 0.0111. The van der Waals surface area contributed by atoms with Crippen molar-refractivity contribution in [1.29, 1.82) is 0 Å². The number of nitrogens with one attached hydrogen (secondary N) is 2. The van der Waals surface area contributed by atoms with Gasteiger partial charge in [0, 0.05) is 12.7 Å². The maximum atomic E-state index is 11.0. The summed E-state index contributed by atoms with van der Waals surface area (Å²) in [5, 5.41) is 16.0. The molecule has 3 aromatic rings. The first-order chi connectivity index (χ1) is 14.7. The first-order valence-electron chi connectivity index (χ1n) is 10.1. The highest BCUT2D eigenvalue weighted by Gasteiger charge is 2.28. The molecule has 2 heterocycles. The Labute approximate surface area is 175 Å². The Balaban J connectivity index is 1.45. The molecule has 3 N–H and O–H groups in total. The van der Waals surface area contributed by atoms with E-state index in [0.717, 1.165) is 34.7 Å². The van der Waals surface area contributed by atoms with Crippen molar-refractivity contribution in [3.05, 3.63) is 89.6 Å². The van der Waals surface area contributed by atoms with Crippen molar-refractivity contribution in [3.63, 3.8) is 0 Å². The van der Waals surface area contributed by atoms with E-state index in [-0.39, 0.29) is 18.6 Å². The van der Waals surface area contributed by atoms with Crippen LogP contribution in [0.3, 0.4) is 0 Å². The predicted octanol–water partition coefficient (Wildman–Crippen LogP) is 3.92. The molecule has 0 spiro atoms. The average Bonchev–Trinajstić information content (AvgIpc) is 2.77. The van der Waals surface area contributed by atoms with Gasteiger partial charge in [-0.2, -0.15) is 0 Å². The average molecular weight is 403 g/mol. The molecule has 4 rings (SSSR count). The number of fused-ring (bicyclic) bond motifs is 1. The van der Waals surface area contributed by atoms with Gasteiger partial charge in [-0.25, -0.2) is 4.98 Å². The summed E-state index contributed by atoms with van der Waals surface area (Å²) >= 11 is 0. The van der Waals surface area contributed by atoms with Gasteiger partial charge in [0.05, 0.1) is 24.8 Å². The molecule has 0 amide bonds. The Hall–Kier alpha value is -3.38. The number of hydrogen-bond acceptors (Lipinski definition) is 5. The van der Waals surface area contributed by atoms with Crippen LogP contribution in [0.25, 0.3) is 0 Å². The smallest absolute Gasteiger partial charge is 0.307 e. The SMILES string of the molecule is O=C(O)Cc1cccc(CCO[C@H](c2ccccc2)[C@H]2CNc3cccnc3N2)c1. The molecule has 1 aliphatic heterocycles. The zero-order valence-electron chi connectivity index (χ0n) is 16.6. The number of aromatic nitrogens is 1. The van der Waals surface area contributed by atoms with Gasteiger partial charge in [0.15, 0.2) is 0 Å². The minimum absolute atomic E-state index is 0.0331. The molecule has 6 heteroatoms. The van der Waals surface area contributed by atoms with Gasteiger partial charge in [-0.1, -0.05) is 54.6 Å². The number of anilines is 2. The van der Waals surface area contributed by atoms with Gasteiger partial charge in [0.1, 0.15) is 11.9 Å². The van der Waals surface area contributed by atoms with Crippen LogP contribution in [0.5, 0.6) is 0 Å². The van der Waals surface area contributed by atoms with Crippen molar-refractivity contribution in [1.82, 2.24) is 4.98 Å². The van der Waals surface area contributed by atoms with Crippen LogP contribution in [0.2, 0.25) is 0 Å². The highest BCUT2D eigenvalue weighted by molar-refractivity contribution is 5.70. The quantitative estimate of drug-likeness (QED) is 0.529. The van der Waals surface area contributed by atoms with Gasteiger partial charge < -0.3 is 20.5 Å². The topological polar surface area (TPSA) is 83.5 Å². The Bertz CT molecular complexity index is 994. The third-order valence-electron chi connectivity index (χ3n) is 5.17. The highest BCUT2D eigenvalue weighted by Crippen LogP contribution is 2.30. The molecule has 1 aromatic heterocycles. The van der Waals surface area contributed by atoms with E-state index in [9.17, 15) is 4.79 Å². The van der Waals surface area contributed by atoms with E-state index in [1.165, 1.54) is 0 Å². The normalized spacial score (nSPS) is 16.1. The van der Waals surface area contributed by atoms with Crippen LogP contribution in [0, 0.1) is 0 Å². The standard InChI is InChI=1S/C24H25N3O3/c28-22(29)15-18-7-4-6-17(14-18)11-13-30-23(19-8-2-1-3-9-19)21-16-26-20-10-5-12-25-24(20)27-21/h1-10,12,14,21,23,26H,11,13,15-16H2,(H,25,27)(H,28,29)/t21-,23-/m1/s1. The summed E-state index contributed by atoms with van der Waals surface area (Å²) in [7, 11) is 0. The van der Waals surface area contributed by atoms with Crippen molar-refractivity contribution in [2.75, 3.05) is 23.8 Å². The molecule has 0 fully saturated rings. The molecule has 30 heavy (non-hydrogen) atoms. The molecule has 0 radical (unpaired) electrons. The molecule has 6 nitrogen and oxygen atoms in total. The lowest BCUT2D eigenvalue weighted by Crippen LogP contribution is -2.39. The number of carbonyl (C=O) groups is 1. The van der Waals surface area contributed by atoms with Gasteiger partial charge in [-0.15, -0.1) is 0 Å². The Morgan fingerprint density at radius 2 is 1.93 bits per heavy atom. The van der Waals surface area contributed by atoms with Crippen LogP contribution in [0.4, 0.5) is 11.5 Å². The molecule has 2 aromatic carbocycles. The van der Waals surface area contributed by atoms with Crippen LogP contribution in [-0.4, -0.2) is 35.3 Å². The molecule has 0 unspecified atom stereocenters. The van der Waals surface area contributed by atoms with Crippen LogP contribution in [0.1, 0.15) is 22.8 Å². The number of benzene rings is 2. The largest absolute Gasteiger partial charge is 0.481 e. The van der Waals surface area contributed by atoms with Crippen molar-refractivity contribution in [3.8, 4) is 0 Å². The molecular formula is C24H25N3O3. The lowest BCUT2D eigenvalue weighted by Gasteiger charge is -2.33. The Morgan fingerprint density at radius 1 is 1.10 bits per heavy atom. The first kappa shape index (κ1) is 19.9. The number of carboxylic acids is 1. The Kier molecular flexibility index (Phi) is 6.25. The second kappa shape index (κ2) is 9.41. The van der Waals surface area contributed by atoms with E-state index < -0.39 is 5.97 Å². The number of carboxylic acid groups (broad SMARTS) is 1. The highest BCUT2D eigenvalue weighted by atomic mass is 16.5. The summed E-state index contributed by atoms with van der Waals surface area (Å²) in [5.41, 5.74) is 3.98. The third kappa shape index (κ3) is 4.96. The predicted molar refractivity (Wildman–Crippen MR) is 117 cm³/mol. The first-order valence-corrected chi connectivity index (χ1v) is 10.1. The summed E-state index contributed by atoms with van der Waals surface area (Å²) in [6.07, 6.45) is 2.38. The zero-order valence-corrected chi connectivity index (χ0v) is 16.6. The molecule has 0 saturated heterocycles. The van der Waals surface area contributed by atoms with Crippen LogP contribution < -0.4 is 10.6 Å². The van der Waals surface area contributed by atoms with Gasteiger partial charge in [0.2, 0.25) is 0 Å². The van der Waals surface area contributed by atoms with Crippen molar-refractivity contribution < 1.29 is 14.6 Å². The van der Waals surface area contributed by atoms with E-state index in [1.807, 2.05) is 54.6 Å². The van der Waals surface area contributed by atoms with E-state index in [0.29, 0.717) is 13.0 Å². The van der Waals surface area contributed by atoms with Crippen LogP contribution >= 0.6 is 0 Å². The Morgan fingerprint density at radius 3 is 2.77 bits per heavy atom. The number of hydrogen-bond donors (Lipinski definition) is 3. The van der Waals surface area contributed by atoms with E-state index in [2.05, 4.69) is 27.8 Å². The molecule has 0 bridgehead atoms. The number of aliphatic carboxylic acids is 1. The van der Waals surface area contributed by atoms with Gasteiger partial charge >= 0.3 is 5.97 Å². The van der Waals surface area contributed by atoms with E-state index in [4.69, 9.17) is 9.84 Å². The summed E-state index contributed by atoms with van der Waals surface area (Å²) in [6, 6.07) is 21.8. The maximum Gasteiger partial charge on any atom is 0.307 e. The van der Waals surface area contributed by atoms with Crippen molar-refractivity contribution in [2.45, 2.75) is 25.0 Å². The zero-order chi connectivity index (χ0) is 20.8. The second-order valence-electron chi connectivity index (χ2n) is 7.37. The van der Waals surface area contributed by atoms with Crippen molar-refractivity contribution in [2.24, 2.45) is 0 Å². The number of ether oxygens (including phenoxy) is 1. The fraction of sp³-hybridized carbons (Fsp3) is 0.250. The van der Waals surface area contributed by atoms with Gasteiger partial charge in [-0.3, -0.25) is 4.79 Å². The number of pyridine rings is 1. The fourth-order valence-corrected chi connectivity index (χ4v) is 3.75. The number of rotatable bonds is 8. The van der Waals surface area contributed by atoms with E-state index in [1.54, 1.807) is 6.20 Å². The lowest BCUT2D eigenvalue weighted by molar-refractivity contribution is -0.136. The lowest BCUT2D eigenvalue weighted by atomic mass is 10.00. The van der Waals surface area contributed by atoms with Gasteiger partial charge in [0.25, 0.3) is 0 Å². The fourth-order valence-electron chi connectivity index (χ4n) is 3.75. The minimum atomic E-state index is -0.822. The van der Waals surface area contributed by atoms with Crippen LogP contribution in [0.15, 0.2) is 72.9 Å². The van der Waals surface area contributed by atoms with Crippen LogP contribution in [-0.2, 0) is 22.4 Å². The maximum absolute atomic E-state index is 11.0. The number of nitrogens with zero attached hydrogens (tertiary/aromatic N) is 1. The third-order valence-corrected chi connectivity index (χ3v) is 5.17.